The number of benzene rings is 2. The normalized spacial score (nSPS) is 14.8. The van der Waals surface area contributed by atoms with Crippen LogP contribution in [0.25, 0.3) is 6.08 Å². The first-order valence-corrected chi connectivity index (χ1v) is 11.7. The maximum atomic E-state index is 12.7. The molecule has 9 heteroatoms. The molecular formula is C23H28N2O6S. The van der Waals surface area contributed by atoms with E-state index < -0.39 is 10.0 Å². The zero-order valence-electron chi connectivity index (χ0n) is 18.5. The maximum absolute atomic E-state index is 12.7. The Morgan fingerprint density at radius 3 is 2.16 bits per heavy atom. The highest BCUT2D eigenvalue weighted by Gasteiger charge is 2.25. The summed E-state index contributed by atoms with van der Waals surface area (Å²) in [7, 11) is 1.05. The van der Waals surface area contributed by atoms with Crippen LogP contribution >= 0.6 is 0 Å². The summed E-state index contributed by atoms with van der Waals surface area (Å²) in [6.07, 6.45) is 5.78. The highest BCUT2D eigenvalue weighted by atomic mass is 32.2. The molecule has 1 fully saturated rings. The standard InChI is InChI=1S/C23H28N2O6S/c1-29-20-13-7-17(22(30-2)23(20)31-3)8-14-21(26)24-18-9-11-19(12-10-18)32(27,28)25-15-5-4-6-16-25/h7-14H,4-6,15-16H2,1-3H3,(H,24,26)/b14-8+. The summed E-state index contributed by atoms with van der Waals surface area (Å²) in [5.41, 5.74) is 1.14. The summed E-state index contributed by atoms with van der Waals surface area (Å²) in [4.78, 5) is 12.6. The summed E-state index contributed by atoms with van der Waals surface area (Å²) in [6, 6.07) is 9.67. The van der Waals surface area contributed by atoms with Crippen molar-refractivity contribution in [1.82, 2.24) is 4.31 Å². The first-order valence-electron chi connectivity index (χ1n) is 10.3. The largest absolute Gasteiger partial charge is 0.493 e. The number of nitrogens with one attached hydrogen (secondary N) is 1. The van der Waals surface area contributed by atoms with E-state index in [0.717, 1.165) is 19.3 Å². The topological polar surface area (TPSA) is 94.2 Å². The zero-order valence-corrected chi connectivity index (χ0v) is 19.3. The lowest BCUT2D eigenvalue weighted by Crippen LogP contribution is -2.35. The van der Waals surface area contributed by atoms with Gasteiger partial charge in [0.15, 0.2) is 11.5 Å². The second-order valence-electron chi connectivity index (χ2n) is 7.24. The van der Waals surface area contributed by atoms with Gasteiger partial charge in [0.25, 0.3) is 0 Å². The van der Waals surface area contributed by atoms with Crippen LogP contribution in [-0.4, -0.2) is 53.0 Å². The zero-order chi connectivity index (χ0) is 23.1. The van der Waals surface area contributed by atoms with Gasteiger partial charge in [-0.25, -0.2) is 8.42 Å². The Morgan fingerprint density at radius 2 is 1.56 bits per heavy atom. The lowest BCUT2D eigenvalue weighted by atomic mass is 10.1. The Hall–Kier alpha value is -3.04. The van der Waals surface area contributed by atoms with Crippen LogP contribution in [-0.2, 0) is 14.8 Å². The molecule has 1 aliphatic heterocycles. The molecule has 0 aliphatic carbocycles. The second kappa shape index (κ2) is 10.5. The third-order valence-electron chi connectivity index (χ3n) is 5.22. The van der Waals surface area contributed by atoms with Crippen molar-refractivity contribution >= 4 is 27.7 Å². The van der Waals surface area contributed by atoms with E-state index in [1.54, 1.807) is 30.3 Å². The van der Waals surface area contributed by atoms with Crippen LogP contribution in [0.15, 0.2) is 47.4 Å². The molecule has 0 bridgehead atoms. The molecule has 1 saturated heterocycles. The van der Waals surface area contributed by atoms with Gasteiger partial charge < -0.3 is 19.5 Å². The molecule has 3 rings (SSSR count). The molecule has 1 N–H and O–H groups in total. The van der Waals surface area contributed by atoms with Gasteiger partial charge in [0.2, 0.25) is 21.7 Å². The van der Waals surface area contributed by atoms with Crippen LogP contribution in [0.2, 0.25) is 0 Å². The minimum atomic E-state index is -3.50. The molecule has 2 aromatic rings. The Bertz CT molecular complexity index is 1070. The number of nitrogens with zero attached hydrogens (tertiary/aromatic N) is 1. The molecule has 1 amide bonds. The fraction of sp³-hybridized carbons (Fsp3) is 0.348. The van der Waals surface area contributed by atoms with Gasteiger partial charge in [-0.15, -0.1) is 0 Å². The number of amides is 1. The highest BCUT2D eigenvalue weighted by Crippen LogP contribution is 2.40. The van der Waals surface area contributed by atoms with Crippen LogP contribution in [0.4, 0.5) is 5.69 Å². The van der Waals surface area contributed by atoms with Crippen LogP contribution in [0.1, 0.15) is 24.8 Å². The number of piperidine rings is 1. The Kier molecular flexibility index (Phi) is 7.76. The van der Waals surface area contributed by atoms with Crippen molar-refractivity contribution in [2.75, 3.05) is 39.7 Å². The summed E-state index contributed by atoms with van der Waals surface area (Å²) in [5, 5.41) is 2.73. The Balaban J connectivity index is 1.70. The van der Waals surface area contributed by atoms with E-state index in [1.165, 1.54) is 43.8 Å². The molecular weight excluding hydrogens is 432 g/mol. The lowest BCUT2D eigenvalue weighted by Gasteiger charge is -2.25. The van der Waals surface area contributed by atoms with E-state index >= 15 is 0 Å². The predicted molar refractivity (Wildman–Crippen MR) is 123 cm³/mol. The fourth-order valence-corrected chi connectivity index (χ4v) is 5.09. The van der Waals surface area contributed by atoms with Crippen molar-refractivity contribution < 1.29 is 27.4 Å². The number of carbonyl (C=O) groups is 1. The number of ether oxygens (including phenoxy) is 3. The molecule has 172 valence electrons. The van der Waals surface area contributed by atoms with E-state index in [4.69, 9.17) is 14.2 Å². The lowest BCUT2D eigenvalue weighted by molar-refractivity contribution is -0.111. The van der Waals surface area contributed by atoms with Crippen molar-refractivity contribution in [1.29, 1.82) is 0 Å². The number of methoxy groups -OCH3 is 3. The van der Waals surface area contributed by atoms with Gasteiger partial charge in [-0.1, -0.05) is 6.42 Å². The Morgan fingerprint density at radius 1 is 0.906 bits per heavy atom. The number of sulfonamides is 1. The van der Waals surface area contributed by atoms with Crippen LogP contribution in [0, 0.1) is 0 Å². The van der Waals surface area contributed by atoms with Crippen molar-refractivity contribution in [3.63, 3.8) is 0 Å². The first kappa shape index (κ1) is 23.6. The molecule has 0 unspecified atom stereocenters. The number of hydrogen-bond donors (Lipinski definition) is 1. The molecule has 0 atom stereocenters. The van der Waals surface area contributed by atoms with Gasteiger partial charge >= 0.3 is 0 Å². The van der Waals surface area contributed by atoms with E-state index in [9.17, 15) is 13.2 Å². The monoisotopic (exact) mass is 460 g/mol. The minimum absolute atomic E-state index is 0.225. The third kappa shape index (κ3) is 5.23. The second-order valence-corrected chi connectivity index (χ2v) is 9.17. The van der Waals surface area contributed by atoms with Crippen molar-refractivity contribution in [3.05, 3.63) is 48.0 Å². The number of hydrogen-bond acceptors (Lipinski definition) is 6. The first-order chi connectivity index (χ1) is 15.4. The van der Waals surface area contributed by atoms with Crippen molar-refractivity contribution in [2.24, 2.45) is 0 Å². The van der Waals surface area contributed by atoms with Crippen LogP contribution in [0.5, 0.6) is 17.2 Å². The predicted octanol–water partition coefficient (Wildman–Crippen LogP) is 3.54. The number of carbonyl (C=O) groups excluding carboxylic acids is 1. The quantitative estimate of drug-likeness (QED) is 0.606. The molecule has 8 nitrogen and oxygen atoms in total. The van der Waals surface area contributed by atoms with E-state index in [2.05, 4.69) is 5.32 Å². The average molecular weight is 461 g/mol. The molecule has 2 aromatic carbocycles. The van der Waals surface area contributed by atoms with E-state index in [0.29, 0.717) is 41.6 Å². The Labute approximate surface area is 188 Å². The minimum Gasteiger partial charge on any atom is -0.493 e. The van der Waals surface area contributed by atoms with E-state index in [-0.39, 0.29) is 10.8 Å². The van der Waals surface area contributed by atoms with Gasteiger partial charge in [0.05, 0.1) is 26.2 Å². The summed E-state index contributed by atoms with van der Waals surface area (Å²) < 4.78 is 43.0. The van der Waals surface area contributed by atoms with E-state index in [1.807, 2.05) is 0 Å². The molecule has 32 heavy (non-hydrogen) atoms. The fourth-order valence-electron chi connectivity index (χ4n) is 3.57. The van der Waals surface area contributed by atoms with Gasteiger partial charge in [-0.3, -0.25) is 4.79 Å². The van der Waals surface area contributed by atoms with Gasteiger partial charge in [-0.05, 0) is 55.3 Å². The molecule has 1 heterocycles. The van der Waals surface area contributed by atoms with Gasteiger partial charge in [0.1, 0.15) is 0 Å². The number of rotatable bonds is 8. The molecule has 0 saturated carbocycles. The highest BCUT2D eigenvalue weighted by molar-refractivity contribution is 7.89. The summed E-state index contributed by atoms with van der Waals surface area (Å²) in [6.45, 7) is 1.09. The maximum Gasteiger partial charge on any atom is 0.248 e. The smallest absolute Gasteiger partial charge is 0.248 e. The average Bonchev–Trinajstić information content (AvgIpc) is 2.82. The molecule has 0 spiro atoms. The molecule has 0 radical (unpaired) electrons. The van der Waals surface area contributed by atoms with Crippen molar-refractivity contribution in [2.45, 2.75) is 24.2 Å². The van der Waals surface area contributed by atoms with Crippen molar-refractivity contribution in [3.8, 4) is 17.2 Å². The van der Waals surface area contributed by atoms with Gasteiger partial charge in [-0.2, -0.15) is 4.31 Å². The van der Waals surface area contributed by atoms with Gasteiger partial charge in [0, 0.05) is 30.4 Å². The number of anilines is 1. The molecule has 1 aliphatic rings. The molecule has 0 aromatic heterocycles. The van der Waals surface area contributed by atoms with Crippen LogP contribution in [0.3, 0.4) is 0 Å². The third-order valence-corrected chi connectivity index (χ3v) is 7.14. The summed E-state index contributed by atoms with van der Waals surface area (Å²) >= 11 is 0. The summed E-state index contributed by atoms with van der Waals surface area (Å²) in [5.74, 6) is 1.03. The SMILES string of the molecule is COc1ccc(/C=C/C(=O)Nc2ccc(S(=O)(=O)N3CCCCC3)cc2)c(OC)c1OC. The van der Waals surface area contributed by atoms with Crippen LogP contribution < -0.4 is 19.5 Å².